The van der Waals surface area contributed by atoms with Crippen LogP contribution in [0.3, 0.4) is 0 Å². The zero-order chi connectivity index (χ0) is 16.8. The maximum atomic E-state index is 11.9. The lowest BCUT2D eigenvalue weighted by atomic mass is 10.0. The highest BCUT2D eigenvalue weighted by atomic mass is 16.5. The van der Waals surface area contributed by atoms with Crippen LogP contribution in [0, 0.1) is 11.3 Å². The summed E-state index contributed by atoms with van der Waals surface area (Å²) in [6.45, 7) is 1.57. The van der Waals surface area contributed by atoms with Gasteiger partial charge < -0.3 is 9.47 Å². The number of benzene rings is 2. The van der Waals surface area contributed by atoms with Gasteiger partial charge in [-0.15, -0.1) is 0 Å². The van der Waals surface area contributed by atoms with Crippen LogP contribution < -0.4 is 4.74 Å². The number of nitrogens with zero attached hydrogens (tertiary/aromatic N) is 1. The molecule has 0 aromatic heterocycles. The molecule has 0 saturated heterocycles. The summed E-state index contributed by atoms with van der Waals surface area (Å²) in [6.07, 6.45) is 0. The Morgan fingerprint density at radius 3 is 2.39 bits per heavy atom. The minimum atomic E-state index is -0.625. The largest absolute Gasteiger partial charge is 0.488 e. The topological polar surface area (TPSA) is 76.4 Å². The van der Waals surface area contributed by atoms with Gasteiger partial charge >= 0.3 is 5.97 Å². The quantitative estimate of drug-likeness (QED) is 0.626. The van der Waals surface area contributed by atoms with Gasteiger partial charge in [0.2, 0.25) is 0 Å². The van der Waals surface area contributed by atoms with E-state index in [-0.39, 0.29) is 34.8 Å². The van der Waals surface area contributed by atoms with Gasteiger partial charge in [0.1, 0.15) is 24.0 Å². The van der Waals surface area contributed by atoms with Gasteiger partial charge in [-0.05, 0) is 24.6 Å². The molecular weight excluding hydrogens is 294 g/mol. The highest BCUT2D eigenvalue weighted by molar-refractivity contribution is 6.01. The molecule has 0 unspecified atom stereocenters. The number of hydrogen-bond acceptors (Lipinski definition) is 5. The van der Waals surface area contributed by atoms with Crippen LogP contribution in [-0.2, 0) is 11.3 Å². The molecule has 2 aromatic rings. The molecule has 0 amide bonds. The number of ketones is 1. The maximum absolute atomic E-state index is 11.9. The lowest BCUT2D eigenvalue weighted by Gasteiger charge is -2.12. The molecule has 5 heteroatoms. The van der Waals surface area contributed by atoms with Crippen LogP contribution in [0.1, 0.15) is 38.8 Å². The highest BCUT2D eigenvalue weighted by Crippen LogP contribution is 2.26. The number of esters is 1. The van der Waals surface area contributed by atoms with E-state index in [9.17, 15) is 14.9 Å². The average Bonchev–Trinajstić information content (AvgIpc) is 2.59. The van der Waals surface area contributed by atoms with Gasteiger partial charge in [-0.3, -0.25) is 4.79 Å². The number of rotatable bonds is 5. The number of carbonyl (C=O) groups excluding carboxylic acids is 2. The van der Waals surface area contributed by atoms with E-state index in [1.54, 1.807) is 0 Å². The molecule has 0 aliphatic carbocycles. The van der Waals surface area contributed by atoms with Crippen molar-refractivity contribution in [3.63, 3.8) is 0 Å². The molecule has 0 bridgehead atoms. The van der Waals surface area contributed by atoms with Crippen LogP contribution in [0.15, 0.2) is 42.5 Å². The van der Waals surface area contributed by atoms with Crippen molar-refractivity contribution in [2.45, 2.75) is 13.5 Å². The normalized spacial score (nSPS) is 9.78. The van der Waals surface area contributed by atoms with E-state index in [1.807, 2.05) is 36.4 Å². The number of nitriles is 1. The van der Waals surface area contributed by atoms with Gasteiger partial charge in [-0.2, -0.15) is 5.26 Å². The molecule has 0 radical (unpaired) electrons. The van der Waals surface area contributed by atoms with Crippen molar-refractivity contribution in [2.75, 3.05) is 7.11 Å². The predicted molar refractivity (Wildman–Crippen MR) is 83.3 cm³/mol. The molecule has 0 heterocycles. The van der Waals surface area contributed by atoms with Crippen LogP contribution in [-0.4, -0.2) is 18.9 Å². The summed E-state index contributed by atoms with van der Waals surface area (Å²) in [6, 6.07) is 14.1. The molecule has 23 heavy (non-hydrogen) atoms. The first-order valence-corrected chi connectivity index (χ1v) is 6.91. The molecule has 0 N–H and O–H groups in total. The van der Waals surface area contributed by atoms with Gasteiger partial charge in [0, 0.05) is 5.56 Å². The van der Waals surface area contributed by atoms with Crippen molar-refractivity contribution in [3.05, 3.63) is 64.7 Å². The van der Waals surface area contributed by atoms with E-state index in [0.717, 1.165) is 5.56 Å². The first-order valence-electron chi connectivity index (χ1n) is 6.91. The Morgan fingerprint density at radius 2 is 1.83 bits per heavy atom. The zero-order valence-corrected chi connectivity index (χ0v) is 12.8. The smallest absolute Gasteiger partial charge is 0.341 e. The molecule has 116 valence electrons. The van der Waals surface area contributed by atoms with Crippen molar-refractivity contribution in [3.8, 4) is 11.8 Å². The second-order valence-corrected chi connectivity index (χ2v) is 4.83. The first kappa shape index (κ1) is 16.2. The monoisotopic (exact) mass is 309 g/mol. The van der Waals surface area contributed by atoms with Crippen LogP contribution in [0.4, 0.5) is 0 Å². The maximum Gasteiger partial charge on any atom is 0.341 e. The number of Topliss-reactive ketones (excluding diaryl/α,β-unsaturated/α-hetero) is 1. The average molecular weight is 309 g/mol. The number of hydrogen-bond donors (Lipinski definition) is 0. The Balaban J connectivity index is 2.42. The highest BCUT2D eigenvalue weighted by Gasteiger charge is 2.19. The summed E-state index contributed by atoms with van der Waals surface area (Å²) in [7, 11) is 1.24. The number of carbonyl (C=O) groups is 2. The summed E-state index contributed by atoms with van der Waals surface area (Å²) in [5, 5.41) is 9.19. The molecule has 2 rings (SSSR count). The molecule has 0 fully saturated rings. The summed E-state index contributed by atoms with van der Waals surface area (Å²) in [5.74, 6) is -0.719. The first-order chi connectivity index (χ1) is 11.1. The minimum absolute atomic E-state index is 0.118. The third-order valence-electron chi connectivity index (χ3n) is 3.26. The van der Waals surface area contributed by atoms with Crippen LogP contribution in [0.5, 0.6) is 5.75 Å². The minimum Gasteiger partial charge on any atom is -0.488 e. The number of ether oxygens (including phenoxy) is 2. The van der Waals surface area contributed by atoms with Crippen molar-refractivity contribution in [1.29, 1.82) is 5.26 Å². The van der Waals surface area contributed by atoms with E-state index < -0.39 is 5.97 Å². The van der Waals surface area contributed by atoms with E-state index in [2.05, 4.69) is 0 Å². The van der Waals surface area contributed by atoms with Gasteiger partial charge in [-0.1, -0.05) is 30.3 Å². The van der Waals surface area contributed by atoms with E-state index >= 15 is 0 Å². The van der Waals surface area contributed by atoms with Gasteiger partial charge in [0.15, 0.2) is 5.78 Å². The lowest BCUT2D eigenvalue weighted by Crippen LogP contribution is -2.09. The summed E-state index contributed by atoms with van der Waals surface area (Å²) >= 11 is 0. The fourth-order valence-electron chi connectivity index (χ4n) is 2.09. The molecule has 0 aliphatic rings. The second-order valence-electron chi connectivity index (χ2n) is 4.83. The summed E-state index contributed by atoms with van der Waals surface area (Å²) in [5.41, 5.74) is 1.36. The lowest BCUT2D eigenvalue weighted by molar-refractivity contribution is 0.0595. The molecule has 2 aromatic carbocycles. The molecule has 0 aliphatic heterocycles. The van der Waals surface area contributed by atoms with Crippen molar-refractivity contribution >= 4 is 11.8 Å². The predicted octanol–water partition coefficient (Wildman–Crippen LogP) is 3.13. The molecule has 0 atom stereocenters. The van der Waals surface area contributed by atoms with Gasteiger partial charge in [0.25, 0.3) is 0 Å². The SMILES string of the molecule is COC(=O)c1cc(C(C)=O)c(C#N)cc1OCc1ccccc1. The van der Waals surface area contributed by atoms with Crippen molar-refractivity contribution in [2.24, 2.45) is 0 Å². The Labute approximate surface area is 134 Å². The van der Waals surface area contributed by atoms with E-state index in [1.165, 1.54) is 26.2 Å². The van der Waals surface area contributed by atoms with Gasteiger partial charge in [-0.25, -0.2) is 4.79 Å². The van der Waals surface area contributed by atoms with Crippen LogP contribution in [0.2, 0.25) is 0 Å². The van der Waals surface area contributed by atoms with E-state index in [0.29, 0.717) is 0 Å². The third-order valence-corrected chi connectivity index (χ3v) is 3.26. The van der Waals surface area contributed by atoms with Crippen LogP contribution in [0.25, 0.3) is 0 Å². The second kappa shape index (κ2) is 7.23. The fourth-order valence-corrected chi connectivity index (χ4v) is 2.09. The van der Waals surface area contributed by atoms with Crippen molar-refractivity contribution in [1.82, 2.24) is 0 Å². The Bertz CT molecular complexity index is 776. The van der Waals surface area contributed by atoms with Crippen molar-refractivity contribution < 1.29 is 19.1 Å². The molecule has 0 spiro atoms. The Hall–Kier alpha value is -3.13. The van der Waals surface area contributed by atoms with Gasteiger partial charge in [0.05, 0.1) is 12.7 Å². The molecular formula is C18H15NO4. The standard InChI is InChI=1S/C18H15NO4/c1-12(20)15-9-16(18(21)22-2)17(8-14(15)10-19)23-11-13-6-4-3-5-7-13/h3-9H,11H2,1-2H3. The number of methoxy groups -OCH3 is 1. The zero-order valence-electron chi connectivity index (χ0n) is 12.8. The summed E-state index contributed by atoms with van der Waals surface area (Å²) < 4.78 is 10.4. The fraction of sp³-hybridized carbons (Fsp3) is 0.167. The molecule has 5 nitrogen and oxygen atoms in total. The Morgan fingerprint density at radius 1 is 1.13 bits per heavy atom. The third kappa shape index (κ3) is 3.74. The molecule has 0 saturated carbocycles. The van der Waals surface area contributed by atoms with Crippen LogP contribution >= 0.6 is 0 Å². The Kier molecular flexibility index (Phi) is 5.11. The summed E-state index contributed by atoms with van der Waals surface area (Å²) in [4.78, 5) is 23.6. The van der Waals surface area contributed by atoms with E-state index in [4.69, 9.17) is 9.47 Å².